The van der Waals surface area contributed by atoms with E-state index in [0.29, 0.717) is 18.4 Å². The van der Waals surface area contributed by atoms with Gasteiger partial charge in [0.15, 0.2) is 0 Å². The largest absolute Gasteiger partial charge is 0.455 e. The molecule has 0 saturated carbocycles. The summed E-state index contributed by atoms with van der Waals surface area (Å²) < 4.78 is 12.7. The summed E-state index contributed by atoms with van der Waals surface area (Å²) in [5.41, 5.74) is -1.36. The summed E-state index contributed by atoms with van der Waals surface area (Å²) in [7, 11) is 0. The molecule has 1 aromatic carbocycles. The van der Waals surface area contributed by atoms with Crippen LogP contribution in [0.3, 0.4) is 0 Å². The maximum Gasteiger partial charge on any atom is 0.313 e. The highest BCUT2D eigenvalue weighted by Crippen LogP contribution is 2.56. The maximum atomic E-state index is 14.9. The summed E-state index contributed by atoms with van der Waals surface area (Å²) in [5, 5.41) is 12.7. The van der Waals surface area contributed by atoms with Crippen molar-refractivity contribution in [2.45, 2.75) is 103 Å². The third kappa shape index (κ3) is 6.38. The lowest BCUT2D eigenvalue weighted by molar-refractivity contribution is -0.161. The van der Waals surface area contributed by atoms with Crippen LogP contribution in [0.5, 0.6) is 0 Å². The number of amides is 3. The first-order valence-electron chi connectivity index (χ1n) is 16.5. The van der Waals surface area contributed by atoms with Crippen molar-refractivity contribution in [2.75, 3.05) is 19.7 Å². The van der Waals surface area contributed by atoms with Crippen molar-refractivity contribution in [2.24, 2.45) is 17.3 Å². The molecule has 4 aliphatic heterocycles. The topological polar surface area (TPSA) is 125 Å². The number of likely N-dealkylation sites (tertiary alicyclic amines) is 1. The molecule has 46 heavy (non-hydrogen) atoms. The first-order valence-corrected chi connectivity index (χ1v) is 16.5. The van der Waals surface area contributed by atoms with Gasteiger partial charge in [-0.1, -0.05) is 75.4 Å². The second-order valence-electron chi connectivity index (χ2n) is 14.9. The first-order chi connectivity index (χ1) is 21.7. The van der Waals surface area contributed by atoms with E-state index in [1.807, 2.05) is 56.3 Å². The van der Waals surface area contributed by atoms with Gasteiger partial charge in [-0.25, -0.2) is 0 Å². The molecule has 10 nitrogen and oxygen atoms in total. The van der Waals surface area contributed by atoms with Crippen LogP contribution in [0.15, 0.2) is 54.6 Å². The minimum atomic E-state index is -1.35. The molecule has 10 heteroatoms. The number of carbonyl (C=O) groups excluding carboxylic acids is 4. The van der Waals surface area contributed by atoms with E-state index in [2.05, 4.69) is 26.1 Å². The Bertz CT molecular complexity index is 1380. The van der Waals surface area contributed by atoms with Gasteiger partial charge < -0.3 is 29.7 Å². The molecule has 2 saturated heterocycles. The van der Waals surface area contributed by atoms with E-state index in [4.69, 9.17) is 9.47 Å². The van der Waals surface area contributed by atoms with E-state index in [9.17, 15) is 24.3 Å². The molecule has 4 heterocycles. The van der Waals surface area contributed by atoms with Gasteiger partial charge in [0.1, 0.15) is 23.7 Å². The van der Waals surface area contributed by atoms with E-state index >= 15 is 0 Å². The summed E-state index contributed by atoms with van der Waals surface area (Å²) in [6.07, 6.45) is 7.48. The highest BCUT2D eigenvalue weighted by atomic mass is 16.6. The van der Waals surface area contributed by atoms with Gasteiger partial charge >= 0.3 is 5.97 Å². The Morgan fingerprint density at radius 3 is 2.41 bits per heavy atom. The number of nitrogens with zero attached hydrogens (tertiary/aromatic N) is 2. The SMILES string of the molecule is C[C@@H]1NC(=O)CC/C=C\CN(C(C)(C)CC(C)(C)C)C(=O)[C@H]2N(CCCO)C(=O)[C@@H]3[C@@H](C(=O)O[C@H]1c1ccccc1)[C@H]1C=C[C@]32O1. The predicted octanol–water partition coefficient (Wildman–Crippen LogP) is 3.70. The molecule has 7 atom stereocenters. The molecule has 3 amide bonds. The van der Waals surface area contributed by atoms with Crippen LogP contribution in [-0.4, -0.2) is 87.6 Å². The molecular formula is C36H49N3O7. The van der Waals surface area contributed by atoms with Crippen molar-refractivity contribution >= 4 is 23.7 Å². The number of allylic oxidation sites excluding steroid dienone is 1. The third-order valence-corrected chi connectivity index (χ3v) is 9.60. The third-order valence-electron chi connectivity index (χ3n) is 9.60. The van der Waals surface area contributed by atoms with Crippen LogP contribution in [0.4, 0.5) is 0 Å². The van der Waals surface area contributed by atoms with E-state index in [-0.39, 0.29) is 55.7 Å². The number of rotatable bonds is 6. The van der Waals surface area contributed by atoms with Gasteiger partial charge in [0.2, 0.25) is 17.7 Å². The summed E-state index contributed by atoms with van der Waals surface area (Å²) in [4.78, 5) is 59.7. The molecule has 1 aromatic rings. The van der Waals surface area contributed by atoms with Crippen LogP contribution < -0.4 is 5.32 Å². The summed E-state index contributed by atoms with van der Waals surface area (Å²) in [6, 6.07) is 7.64. The Kier molecular flexibility index (Phi) is 9.53. The molecule has 2 N–H and O–H groups in total. The highest BCUT2D eigenvalue weighted by molar-refractivity contribution is 5.99. The zero-order chi connectivity index (χ0) is 33.4. The van der Waals surface area contributed by atoms with E-state index in [0.717, 1.165) is 0 Å². The highest BCUT2D eigenvalue weighted by Gasteiger charge is 2.73. The Labute approximate surface area is 272 Å². The second-order valence-corrected chi connectivity index (χ2v) is 14.9. The van der Waals surface area contributed by atoms with Gasteiger partial charge in [0.05, 0.1) is 18.1 Å². The summed E-state index contributed by atoms with van der Waals surface area (Å²) in [5.74, 6) is -3.38. The molecule has 0 aliphatic carbocycles. The van der Waals surface area contributed by atoms with Gasteiger partial charge in [-0.15, -0.1) is 0 Å². The molecule has 5 rings (SSSR count). The molecule has 2 fully saturated rings. The minimum absolute atomic E-state index is 0.106. The predicted molar refractivity (Wildman–Crippen MR) is 172 cm³/mol. The Balaban J connectivity index is 1.60. The van der Waals surface area contributed by atoms with Gasteiger partial charge in [-0.2, -0.15) is 0 Å². The fourth-order valence-corrected chi connectivity index (χ4v) is 8.09. The van der Waals surface area contributed by atoms with Gasteiger partial charge in [-0.3, -0.25) is 19.2 Å². The van der Waals surface area contributed by atoms with Crippen LogP contribution in [0.25, 0.3) is 0 Å². The average molecular weight is 636 g/mol. The monoisotopic (exact) mass is 635 g/mol. The standard InChI is InChI=1S/C36H49N3O7/c1-23-29(24-14-9-7-10-15-24)45-33(44)27-25-17-18-36(46-25)28(27)31(42)38(19-13-21-40)30(36)32(43)39(35(5,6)22-34(2,3)4)20-12-8-11-16-26(41)37-23/h7-10,12,14-15,17-18,23,25,27-30,40H,11,13,16,19-22H2,1-6H3,(H,37,41)/b12-8-/t23-,25+,27-,28-,29+,30+,36-/m0/s1. The fraction of sp³-hybridized carbons (Fsp3) is 0.611. The molecular weight excluding hydrogens is 586 g/mol. The van der Waals surface area contributed by atoms with Crippen molar-refractivity contribution in [3.8, 4) is 0 Å². The Morgan fingerprint density at radius 2 is 1.74 bits per heavy atom. The number of hydrogen-bond donors (Lipinski definition) is 2. The molecule has 0 aromatic heterocycles. The van der Waals surface area contributed by atoms with Crippen molar-refractivity contribution < 1.29 is 33.8 Å². The van der Waals surface area contributed by atoms with Crippen LogP contribution in [0.2, 0.25) is 0 Å². The van der Waals surface area contributed by atoms with Gasteiger partial charge in [-0.05, 0) is 51.0 Å². The Hall–Kier alpha value is -3.50. The summed E-state index contributed by atoms with van der Waals surface area (Å²) in [6.45, 7) is 12.5. The van der Waals surface area contributed by atoms with Crippen LogP contribution in [0, 0.1) is 17.3 Å². The van der Waals surface area contributed by atoms with Crippen molar-refractivity contribution in [1.82, 2.24) is 15.1 Å². The molecule has 1 spiro atoms. The zero-order valence-electron chi connectivity index (χ0n) is 27.9. The number of esters is 1. The average Bonchev–Trinajstić information content (AvgIpc) is 3.62. The number of nitrogens with one attached hydrogen (secondary N) is 1. The maximum absolute atomic E-state index is 14.9. The molecule has 4 aliphatic rings. The normalized spacial score (nSPS) is 32.8. The number of aliphatic hydroxyl groups is 1. The smallest absolute Gasteiger partial charge is 0.313 e. The number of fused-ring (bicyclic) bond motifs is 2. The number of aliphatic hydroxyl groups excluding tert-OH is 1. The zero-order valence-corrected chi connectivity index (χ0v) is 27.9. The lowest BCUT2D eigenvalue weighted by atomic mass is 9.74. The number of benzene rings is 1. The van der Waals surface area contributed by atoms with Crippen LogP contribution in [0.1, 0.15) is 78.9 Å². The first kappa shape index (κ1) is 33.9. The Morgan fingerprint density at radius 1 is 1.02 bits per heavy atom. The van der Waals surface area contributed by atoms with E-state index in [1.54, 1.807) is 24.0 Å². The van der Waals surface area contributed by atoms with Gasteiger partial charge in [0.25, 0.3) is 0 Å². The number of carbonyl (C=O) groups is 4. The van der Waals surface area contributed by atoms with E-state index < -0.39 is 53.2 Å². The van der Waals surface area contributed by atoms with Crippen LogP contribution >= 0.6 is 0 Å². The number of cyclic esters (lactones) is 1. The molecule has 5 bridgehead atoms. The number of ether oxygens (including phenoxy) is 2. The van der Waals surface area contributed by atoms with Crippen LogP contribution in [-0.2, 0) is 28.7 Å². The molecule has 0 unspecified atom stereocenters. The lowest BCUT2D eigenvalue weighted by Gasteiger charge is -2.45. The fourth-order valence-electron chi connectivity index (χ4n) is 8.09. The second kappa shape index (κ2) is 13.0. The van der Waals surface area contributed by atoms with Gasteiger partial charge in [0, 0.05) is 31.7 Å². The molecule has 0 radical (unpaired) electrons. The quantitative estimate of drug-likeness (QED) is 0.361. The van der Waals surface area contributed by atoms with Crippen molar-refractivity contribution in [3.05, 3.63) is 60.2 Å². The summed E-state index contributed by atoms with van der Waals surface area (Å²) >= 11 is 0. The minimum Gasteiger partial charge on any atom is -0.455 e. The van der Waals surface area contributed by atoms with E-state index in [1.165, 1.54) is 4.90 Å². The number of hydrogen-bond acceptors (Lipinski definition) is 7. The lowest BCUT2D eigenvalue weighted by Crippen LogP contribution is -2.60. The van der Waals surface area contributed by atoms with Crippen molar-refractivity contribution in [3.63, 3.8) is 0 Å². The molecule has 250 valence electrons. The van der Waals surface area contributed by atoms with Crippen molar-refractivity contribution in [1.29, 1.82) is 0 Å².